The first-order valence-electron chi connectivity index (χ1n) is 9.83. The van der Waals surface area contributed by atoms with Gasteiger partial charge in [-0.15, -0.1) is 5.53 Å². The summed E-state index contributed by atoms with van der Waals surface area (Å²) in [5.74, 6) is 0.230. The summed E-state index contributed by atoms with van der Waals surface area (Å²) in [7, 11) is 0. The van der Waals surface area contributed by atoms with Gasteiger partial charge in [-0.2, -0.15) is 0 Å². The quantitative estimate of drug-likeness (QED) is 0.434. The molecule has 6 heteroatoms. The molecule has 0 spiro atoms. The molecule has 1 saturated heterocycles. The fourth-order valence-corrected chi connectivity index (χ4v) is 3.65. The first kappa shape index (κ1) is 21.5. The van der Waals surface area contributed by atoms with Crippen molar-refractivity contribution in [3.05, 3.63) is 76.7 Å². The summed E-state index contributed by atoms with van der Waals surface area (Å²) in [5, 5.41) is 0. The van der Waals surface area contributed by atoms with Gasteiger partial charge >= 0.3 is 0 Å². The molecule has 28 heavy (non-hydrogen) atoms. The van der Waals surface area contributed by atoms with Crippen LogP contribution < -0.4 is 4.90 Å². The summed E-state index contributed by atoms with van der Waals surface area (Å²) in [5.41, 5.74) is 14.7. The van der Waals surface area contributed by atoms with E-state index in [9.17, 15) is 4.79 Å². The minimum atomic E-state index is 0.230. The molecule has 1 aliphatic heterocycles. The smallest absolute Gasteiger partial charge is 0.226 e. The third kappa shape index (κ3) is 6.41. The fourth-order valence-electron chi connectivity index (χ4n) is 3.65. The molecule has 0 bridgehead atoms. The second-order valence-corrected chi connectivity index (χ2v) is 6.86. The number of carbonyl (C=O) groups excluding carboxylic acids is 1. The lowest BCUT2D eigenvalue weighted by molar-refractivity contribution is -0.119. The van der Waals surface area contributed by atoms with E-state index in [1.165, 1.54) is 5.56 Å². The average molecular weight is 380 g/mol. The Morgan fingerprint density at radius 3 is 2.18 bits per heavy atom. The average Bonchev–Trinajstić information content (AvgIpc) is 2.75. The van der Waals surface area contributed by atoms with Crippen molar-refractivity contribution in [2.24, 2.45) is 0 Å². The van der Waals surface area contributed by atoms with Crippen LogP contribution in [0.3, 0.4) is 0 Å². The molecule has 1 N–H and O–H groups in total. The van der Waals surface area contributed by atoms with Crippen molar-refractivity contribution in [3.8, 4) is 0 Å². The topological polar surface area (TPSA) is 83.8 Å². The highest BCUT2D eigenvalue weighted by molar-refractivity contribution is 5.93. The van der Waals surface area contributed by atoms with E-state index >= 15 is 0 Å². The number of amides is 1. The van der Waals surface area contributed by atoms with Crippen LogP contribution in [0.1, 0.15) is 31.7 Å². The van der Waals surface area contributed by atoms with E-state index in [1.807, 2.05) is 30.0 Å². The maximum atomic E-state index is 12.5. The number of carbonyl (C=O) groups is 1. The molecule has 2 aromatic rings. The van der Waals surface area contributed by atoms with Crippen LogP contribution in [-0.2, 0) is 11.2 Å². The molecule has 0 aliphatic carbocycles. The van der Waals surface area contributed by atoms with Crippen LogP contribution in [0.15, 0.2) is 60.7 Å². The number of nitrogens with one attached hydrogen (secondary N) is 1. The van der Waals surface area contributed by atoms with Gasteiger partial charge in [-0.25, -0.2) is 0 Å². The Bertz CT molecular complexity index is 736. The summed E-state index contributed by atoms with van der Waals surface area (Å²) >= 11 is 0. The second-order valence-electron chi connectivity index (χ2n) is 6.86. The molecule has 0 saturated carbocycles. The Labute approximate surface area is 167 Å². The maximum Gasteiger partial charge on any atom is 0.226 e. The zero-order chi connectivity index (χ0) is 20.2. The normalized spacial score (nSPS) is 14.5. The van der Waals surface area contributed by atoms with E-state index in [-0.39, 0.29) is 5.91 Å². The lowest BCUT2D eigenvalue weighted by Crippen LogP contribution is -2.47. The fraction of sp³-hybridized carbons (Fsp3) is 0.409. The predicted octanol–water partition coefficient (Wildman–Crippen LogP) is 5.01. The second kappa shape index (κ2) is 11.8. The molecular weight excluding hydrogens is 350 g/mol. The molecule has 1 fully saturated rings. The van der Waals surface area contributed by atoms with E-state index in [2.05, 4.69) is 47.4 Å². The minimum absolute atomic E-state index is 0.230. The van der Waals surface area contributed by atoms with Gasteiger partial charge in [0.15, 0.2) is 0 Å². The Morgan fingerprint density at radius 2 is 1.64 bits per heavy atom. The summed E-state index contributed by atoms with van der Waals surface area (Å²) in [6.45, 7) is 5.19. The molecule has 0 unspecified atom stereocenters. The summed E-state index contributed by atoms with van der Waals surface area (Å²) in [4.78, 5) is 18.8. The SMILES string of the molecule is CCC(=O)N(c1ccccc1)C1CCN(CCc2ccccc2)CC1.[N-]=[N+]=N. The van der Waals surface area contributed by atoms with Gasteiger partial charge in [0, 0.05) is 37.8 Å². The highest BCUT2D eigenvalue weighted by atomic mass is 16.2. The first-order chi connectivity index (χ1) is 13.7. The van der Waals surface area contributed by atoms with Gasteiger partial charge in [0.1, 0.15) is 0 Å². The van der Waals surface area contributed by atoms with E-state index in [4.69, 9.17) is 11.1 Å². The van der Waals surface area contributed by atoms with Gasteiger partial charge in [-0.05, 0) is 47.4 Å². The van der Waals surface area contributed by atoms with Crippen LogP contribution in [-0.4, -0.2) is 36.5 Å². The highest BCUT2D eigenvalue weighted by Gasteiger charge is 2.28. The van der Waals surface area contributed by atoms with Gasteiger partial charge in [0.05, 0.1) is 0 Å². The molecule has 0 radical (unpaired) electrons. The van der Waals surface area contributed by atoms with Gasteiger partial charge < -0.3 is 9.80 Å². The van der Waals surface area contributed by atoms with Crippen LogP contribution >= 0.6 is 0 Å². The molecule has 2 aromatic carbocycles. The standard InChI is InChI=1S/C22H28N2O.HN3/c1-2-22(25)24(20-11-7-4-8-12-20)21-14-17-23(18-15-21)16-13-19-9-5-3-6-10-19;1-3-2/h3-12,21H,2,13-18H2,1H3;1H. The van der Waals surface area contributed by atoms with E-state index < -0.39 is 0 Å². The molecule has 1 amide bonds. The number of benzene rings is 2. The van der Waals surface area contributed by atoms with Crippen molar-refractivity contribution < 1.29 is 4.79 Å². The number of hydrogen-bond acceptors (Lipinski definition) is 3. The Kier molecular flexibility index (Phi) is 9.05. The van der Waals surface area contributed by atoms with Crippen molar-refractivity contribution in [2.75, 3.05) is 24.5 Å². The number of nitrogens with zero attached hydrogens (tertiary/aromatic N) is 4. The molecule has 1 aliphatic rings. The molecule has 1 heterocycles. The zero-order valence-corrected chi connectivity index (χ0v) is 16.5. The molecule has 148 valence electrons. The molecule has 0 atom stereocenters. The van der Waals surface area contributed by atoms with Crippen molar-refractivity contribution in [2.45, 2.75) is 38.6 Å². The van der Waals surface area contributed by atoms with Crippen LogP contribution in [0.25, 0.3) is 10.4 Å². The van der Waals surface area contributed by atoms with Crippen molar-refractivity contribution >= 4 is 11.6 Å². The Hall–Kier alpha value is -2.82. The number of hydrogen-bond donors (Lipinski definition) is 1. The molecule has 0 aromatic heterocycles. The predicted molar refractivity (Wildman–Crippen MR) is 113 cm³/mol. The minimum Gasteiger partial charge on any atom is -0.309 e. The van der Waals surface area contributed by atoms with Gasteiger partial charge in [0.2, 0.25) is 5.91 Å². The van der Waals surface area contributed by atoms with Crippen LogP contribution in [0.5, 0.6) is 0 Å². The first-order valence-corrected chi connectivity index (χ1v) is 9.83. The summed E-state index contributed by atoms with van der Waals surface area (Å²) < 4.78 is 0. The van der Waals surface area contributed by atoms with E-state index in [0.29, 0.717) is 12.5 Å². The van der Waals surface area contributed by atoms with Crippen LogP contribution in [0, 0.1) is 5.53 Å². The monoisotopic (exact) mass is 379 g/mol. The molecular formula is C22H29N5O. The number of piperidine rings is 1. The van der Waals surface area contributed by atoms with Gasteiger partial charge in [0.25, 0.3) is 0 Å². The Balaban J connectivity index is 0.000000878. The van der Waals surface area contributed by atoms with Crippen LogP contribution in [0.4, 0.5) is 5.69 Å². The third-order valence-corrected chi connectivity index (χ3v) is 5.09. The van der Waals surface area contributed by atoms with Gasteiger partial charge in [-0.3, -0.25) is 4.79 Å². The number of anilines is 1. The van der Waals surface area contributed by atoms with Crippen molar-refractivity contribution in [1.82, 2.24) is 4.90 Å². The number of rotatable bonds is 6. The van der Waals surface area contributed by atoms with Gasteiger partial charge in [-0.1, -0.05) is 55.5 Å². The number of para-hydroxylation sites is 1. The molecule has 6 nitrogen and oxygen atoms in total. The molecule has 3 rings (SSSR count). The van der Waals surface area contributed by atoms with Crippen molar-refractivity contribution in [1.29, 1.82) is 5.53 Å². The Morgan fingerprint density at radius 1 is 1.11 bits per heavy atom. The lowest BCUT2D eigenvalue weighted by Gasteiger charge is -2.38. The van der Waals surface area contributed by atoms with Crippen LogP contribution in [0.2, 0.25) is 0 Å². The summed E-state index contributed by atoms with van der Waals surface area (Å²) in [6, 6.07) is 21.1. The summed E-state index contributed by atoms with van der Waals surface area (Å²) in [6.07, 6.45) is 3.76. The lowest BCUT2D eigenvalue weighted by atomic mass is 10.0. The zero-order valence-electron chi connectivity index (χ0n) is 16.5. The number of likely N-dealkylation sites (tertiary alicyclic amines) is 1. The largest absolute Gasteiger partial charge is 0.309 e. The highest BCUT2D eigenvalue weighted by Crippen LogP contribution is 2.24. The van der Waals surface area contributed by atoms with E-state index in [0.717, 1.165) is 44.6 Å². The maximum absolute atomic E-state index is 12.5. The van der Waals surface area contributed by atoms with Crippen molar-refractivity contribution in [3.63, 3.8) is 0 Å². The third-order valence-electron chi connectivity index (χ3n) is 5.09. The van der Waals surface area contributed by atoms with E-state index in [1.54, 1.807) is 4.91 Å².